The van der Waals surface area contributed by atoms with Crippen LogP contribution in [-0.4, -0.2) is 11.4 Å². The van der Waals surface area contributed by atoms with E-state index in [1.54, 1.807) is 0 Å². The fourth-order valence-corrected chi connectivity index (χ4v) is 1.04. The molecule has 0 aliphatic heterocycles. The highest BCUT2D eigenvalue weighted by Gasteiger charge is 2.00. The molecule has 1 aromatic rings. The smallest absolute Gasteiger partial charge is 0.119 e. The minimum absolute atomic E-state index is 0.186. The molecule has 0 saturated heterocycles. The molecule has 1 atom stereocenters. The Morgan fingerprint density at radius 2 is 2.00 bits per heavy atom. The van der Waals surface area contributed by atoms with Gasteiger partial charge in [-0.2, -0.15) is 0 Å². The van der Waals surface area contributed by atoms with E-state index in [1.165, 1.54) is 0 Å². The fraction of sp³-hybridized carbons (Fsp3) is 0.333. The van der Waals surface area contributed by atoms with Crippen molar-refractivity contribution in [3.05, 3.63) is 29.3 Å². The van der Waals surface area contributed by atoms with Gasteiger partial charge in [0.1, 0.15) is 11.9 Å². The number of halogens is 2. The number of ether oxygens (including phenoxy) is 1. The monoisotopic (exact) mass is 248 g/mol. The normalized spacial score (nSPS) is 12.6. The van der Waals surface area contributed by atoms with E-state index >= 15 is 0 Å². The second kappa shape index (κ2) is 4.73. The third-order valence-corrected chi connectivity index (χ3v) is 2.53. The number of alkyl halides is 1. The molecular weight excluding hydrogens is 239 g/mol. The molecule has 1 rings (SSSR count). The zero-order valence-corrected chi connectivity index (χ0v) is 9.10. The van der Waals surface area contributed by atoms with Gasteiger partial charge >= 0.3 is 0 Å². The highest BCUT2D eigenvalue weighted by molar-refractivity contribution is 9.09. The molecule has 1 unspecified atom stereocenters. The first-order chi connectivity index (χ1) is 5.72. The second-order valence-corrected chi connectivity index (χ2v) is 3.62. The predicted octanol–water partition coefficient (Wildman–Crippen LogP) is 3.50. The van der Waals surface area contributed by atoms with E-state index in [9.17, 15) is 0 Å². The molecule has 66 valence electrons. The molecule has 0 aromatic heterocycles. The molecule has 0 heterocycles. The van der Waals surface area contributed by atoms with Crippen molar-refractivity contribution in [2.75, 3.05) is 5.33 Å². The first-order valence-electron chi connectivity index (χ1n) is 3.70. The summed E-state index contributed by atoms with van der Waals surface area (Å²) in [7, 11) is 0. The van der Waals surface area contributed by atoms with E-state index in [0.717, 1.165) is 16.1 Å². The Balaban J connectivity index is 2.58. The molecule has 1 nitrogen and oxygen atoms in total. The topological polar surface area (TPSA) is 9.23 Å². The van der Waals surface area contributed by atoms with Crippen LogP contribution in [0.5, 0.6) is 5.75 Å². The van der Waals surface area contributed by atoms with Gasteiger partial charge < -0.3 is 4.74 Å². The zero-order valence-electron chi connectivity index (χ0n) is 6.76. The zero-order chi connectivity index (χ0) is 8.97. The molecule has 0 aliphatic rings. The molecule has 0 N–H and O–H groups in total. The maximum atomic E-state index is 5.72. The Morgan fingerprint density at radius 1 is 1.42 bits per heavy atom. The summed E-state index contributed by atoms with van der Waals surface area (Å²) in [6.07, 6.45) is 0.186. The van der Waals surface area contributed by atoms with Crippen molar-refractivity contribution in [1.82, 2.24) is 0 Å². The lowest BCUT2D eigenvalue weighted by molar-refractivity contribution is 0.248. The number of benzene rings is 1. The van der Waals surface area contributed by atoms with Gasteiger partial charge in [-0.3, -0.25) is 0 Å². The van der Waals surface area contributed by atoms with E-state index < -0.39 is 0 Å². The molecule has 0 aliphatic carbocycles. The van der Waals surface area contributed by atoms with E-state index in [4.69, 9.17) is 16.3 Å². The molecule has 0 radical (unpaired) electrons. The summed E-state index contributed by atoms with van der Waals surface area (Å²) in [5.41, 5.74) is 0. The SMILES string of the molecule is CC(CBr)Oc1ccc(Cl)cc1. The van der Waals surface area contributed by atoms with Crippen molar-refractivity contribution in [2.24, 2.45) is 0 Å². The van der Waals surface area contributed by atoms with Gasteiger partial charge in [0.05, 0.1) is 0 Å². The average Bonchev–Trinajstić information content (AvgIpc) is 2.09. The van der Waals surface area contributed by atoms with Gasteiger partial charge in [0.2, 0.25) is 0 Å². The van der Waals surface area contributed by atoms with Crippen LogP contribution in [0.15, 0.2) is 24.3 Å². The molecule has 0 bridgehead atoms. The van der Waals surface area contributed by atoms with Crippen LogP contribution in [0.25, 0.3) is 0 Å². The minimum atomic E-state index is 0.186. The summed E-state index contributed by atoms with van der Waals surface area (Å²) in [5.74, 6) is 0.853. The lowest BCUT2D eigenvalue weighted by Gasteiger charge is -2.11. The largest absolute Gasteiger partial charge is 0.490 e. The molecule has 1 aromatic carbocycles. The molecular formula is C9H10BrClO. The molecule has 3 heteroatoms. The van der Waals surface area contributed by atoms with Crippen molar-refractivity contribution in [3.63, 3.8) is 0 Å². The lowest BCUT2D eigenvalue weighted by atomic mass is 10.3. The molecule has 0 saturated carbocycles. The molecule has 12 heavy (non-hydrogen) atoms. The number of hydrogen-bond donors (Lipinski definition) is 0. The van der Waals surface area contributed by atoms with Crippen molar-refractivity contribution in [3.8, 4) is 5.75 Å². The third-order valence-electron chi connectivity index (χ3n) is 1.37. The van der Waals surface area contributed by atoms with Crippen LogP contribution in [0.1, 0.15) is 6.92 Å². The summed E-state index contributed by atoms with van der Waals surface area (Å²) in [6, 6.07) is 7.36. The van der Waals surface area contributed by atoms with Crippen LogP contribution in [0.4, 0.5) is 0 Å². The van der Waals surface area contributed by atoms with E-state index in [2.05, 4.69) is 15.9 Å². The summed E-state index contributed by atoms with van der Waals surface area (Å²) in [4.78, 5) is 0. The van der Waals surface area contributed by atoms with Crippen LogP contribution in [0, 0.1) is 0 Å². The highest BCUT2D eigenvalue weighted by Crippen LogP contribution is 2.16. The van der Waals surface area contributed by atoms with Crippen LogP contribution in [0.3, 0.4) is 0 Å². The van der Waals surface area contributed by atoms with Crippen LogP contribution in [0.2, 0.25) is 5.02 Å². The van der Waals surface area contributed by atoms with E-state index in [-0.39, 0.29) is 6.10 Å². The highest BCUT2D eigenvalue weighted by atomic mass is 79.9. The van der Waals surface area contributed by atoms with Gasteiger partial charge in [-0.05, 0) is 31.2 Å². The Hall–Kier alpha value is -0.210. The predicted molar refractivity (Wildman–Crippen MR) is 55.3 cm³/mol. The van der Waals surface area contributed by atoms with Crippen molar-refractivity contribution >= 4 is 27.5 Å². The summed E-state index contributed by atoms with van der Waals surface area (Å²) in [5, 5.41) is 1.56. The maximum absolute atomic E-state index is 5.72. The van der Waals surface area contributed by atoms with E-state index in [1.807, 2.05) is 31.2 Å². The van der Waals surface area contributed by atoms with Gasteiger partial charge in [-0.25, -0.2) is 0 Å². The van der Waals surface area contributed by atoms with Crippen molar-refractivity contribution in [1.29, 1.82) is 0 Å². The van der Waals surface area contributed by atoms with Crippen LogP contribution < -0.4 is 4.74 Å². The standard InChI is InChI=1S/C9H10BrClO/c1-7(6-10)12-9-4-2-8(11)3-5-9/h2-5,7H,6H2,1H3. The van der Waals surface area contributed by atoms with Crippen molar-refractivity contribution in [2.45, 2.75) is 13.0 Å². The second-order valence-electron chi connectivity index (χ2n) is 2.54. The quantitative estimate of drug-likeness (QED) is 0.745. The first kappa shape index (κ1) is 9.87. The van der Waals surface area contributed by atoms with E-state index in [0.29, 0.717) is 0 Å². The lowest BCUT2D eigenvalue weighted by Crippen LogP contribution is -2.12. The molecule has 0 fully saturated rings. The van der Waals surface area contributed by atoms with Gasteiger partial charge in [-0.15, -0.1) is 0 Å². The minimum Gasteiger partial charge on any atom is -0.490 e. The van der Waals surface area contributed by atoms with Crippen LogP contribution in [-0.2, 0) is 0 Å². The third kappa shape index (κ3) is 3.03. The van der Waals surface area contributed by atoms with Gasteiger partial charge in [0, 0.05) is 10.4 Å². The number of hydrogen-bond acceptors (Lipinski definition) is 1. The summed E-state index contributed by atoms with van der Waals surface area (Å²) >= 11 is 9.05. The Labute approximate surface area is 85.8 Å². The maximum Gasteiger partial charge on any atom is 0.119 e. The Bertz CT molecular complexity index is 235. The van der Waals surface area contributed by atoms with Crippen LogP contribution >= 0.6 is 27.5 Å². The van der Waals surface area contributed by atoms with Crippen molar-refractivity contribution < 1.29 is 4.74 Å². The first-order valence-corrected chi connectivity index (χ1v) is 5.20. The molecule has 0 spiro atoms. The number of rotatable bonds is 3. The van der Waals surface area contributed by atoms with Gasteiger partial charge in [0.15, 0.2) is 0 Å². The molecule has 0 amide bonds. The van der Waals surface area contributed by atoms with Gasteiger partial charge in [-0.1, -0.05) is 27.5 Å². The summed E-state index contributed by atoms with van der Waals surface area (Å²) < 4.78 is 5.51. The van der Waals surface area contributed by atoms with Gasteiger partial charge in [0.25, 0.3) is 0 Å². The fourth-order valence-electron chi connectivity index (χ4n) is 0.777. The Morgan fingerprint density at radius 3 is 2.50 bits per heavy atom. The average molecular weight is 250 g/mol. The summed E-state index contributed by atoms with van der Waals surface area (Å²) in [6.45, 7) is 2.00. The Kier molecular flexibility index (Phi) is 3.89.